The molecule has 2 aromatic carbocycles. The molecule has 3 rings (SSSR count). The number of nitrogens with zero attached hydrogens (tertiary/aromatic N) is 3. The maximum atomic E-state index is 6.02. The Morgan fingerprint density at radius 1 is 1.10 bits per heavy atom. The first-order valence-corrected chi connectivity index (χ1v) is 6.85. The van der Waals surface area contributed by atoms with Crippen molar-refractivity contribution in [1.29, 1.82) is 0 Å². The number of hydrogen-bond acceptors (Lipinski definition) is 4. The third kappa shape index (κ3) is 2.95. The van der Waals surface area contributed by atoms with E-state index >= 15 is 0 Å². The van der Waals surface area contributed by atoms with Gasteiger partial charge in [-0.15, -0.1) is 0 Å². The van der Waals surface area contributed by atoms with Crippen molar-refractivity contribution >= 4 is 11.6 Å². The fraction of sp³-hybridized carbons (Fsp3) is 0.0667. The molecule has 0 saturated heterocycles. The van der Waals surface area contributed by atoms with Gasteiger partial charge in [-0.3, -0.25) is 5.84 Å². The number of aromatic nitrogens is 3. The predicted octanol–water partition coefficient (Wildman–Crippen LogP) is 2.47. The van der Waals surface area contributed by atoms with Crippen LogP contribution in [0, 0.1) is 0 Å². The lowest BCUT2D eigenvalue weighted by molar-refractivity contribution is 0.609. The molecular weight excluding hydrogens is 286 g/mol. The van der Waals surface area contributed by atoms with Crippen molar-refractivity contribution in [1.82, 2.24) is 20.4 Å². The van der Waals surface area contributed by atoms with Crippen molar-refractivity contribution in [2.24, 2.45) is 5.84 Å². The number of benzene rings is 2. The van der Waals surface area contributed by atoms with E-state index in [9.17, 15) is 0 Å². The van der Waals surface area contributed by atoms with Crippen molar-refractivity contribution in [3.63, 3.8) is 0 Å². The standard InChI is InChI=1S/C15H14ClN5/c16-12-6-4-5-11(9-12)15(19-17)14-10-18-21(20-14)13-7-2-1-3-8-13/h1-10,15,19H,17H2. The second-order valence-corrected chi connectivity index (χ2v) is 4.99. The highest BCUT2D eigenvalue weighted by molar-refractivity contribution is 6.30. The number of para-hydroxylation sites is 1. The van der Waals surface area contributed by atoms with E-state index in [1.54, 1.807) is 11.0 Å². The lowest BCUT2D eigenvalue weighted by Crippen LogP contribution is -2.29. The summed E-state index contributed by atoms with van der Waals surface area (Å²) in [7, 11) is 0. The van der Waals surface area contributed by atoms with Gasteiger partial charge in [0, 0.05) is 5.02 Å². The molecule has 6 heteroatoms. The summed E-state index contributed by atoms with van der Waals surface area (Å²) in [5.41, 5.74) is 5.31. The molecule has 3 aromatic rings. The van der Waals surface area contributed by atoms with Crippen LogP contribution in [0.3, 0.4) is 0 Å². The molecule has 0 fully saturated rings. The molecule has 1 atom stereocenters. The molecule has 0 aliphatic carbocycles. The Morgan fingerprint density at radius 2 is 1.90 bits per heavy atom. The van der Waals surface area contributed by atoms with Crippen LogP contribution in [0.2, 0.25) is 5.02 Å². The SMILES string of the molecule is NNC(c1cccc(Cl)c1)c1cnn(-c2ccccc2)n1. The van der Waals surface area contributed by atoms with Crippen molar-refractivity contribution < 1.29 is 0 Å². The molecule has 21 heavy (non-hydrogen) atoms. The normalized spacial score (nSPS) is 12.3. The highest BCUT2D eigenvalue weighted by Crippen LogP contribution is 2.22. The minimum atomic E-state index is -0.263. The highest BCUT2D eigenvalue weighted by Gasteiger charge is 2.16. The van der Waals surface area contributed by atoms with E-state index in [0.717, 1.165) is 16.9 Å². The van der Waals surface area contributed by atoms with Crippen molar-refractivity contribution in [2.45, 2.75) is 6.04 Å². The summed E-state index contributed by atoms with van der Waals surface area (Å²) in [6.07, 6.45) is 1.69. The zero-order valence-electron chi connectivity index (χ0n) is 11.1. The first-order chi connectivity index (χ1) is 10.3. The third-order valence-electron chi connectivity index (χ3n) is 3.14. The van der Waals surface area contributed by atoms with E-state index in [0.29, 0.717) is 5.02 Å². The minimum Gasteiger partial charge on any atom is -0.271 e. The summed E-state index contributed by atoms with van der Waals surface area (Å²) in [6.45, 7) is 0. The van der Waals surface area contributed by atoms with Gasteiger partial charge in [-0.1, -0.05) is 41.9 Å². The summed E-state index contributed by atoms with van der Waals surface area (Å²) in [5.74, 6) is 5.66. The van der Waals surface area contributed by atoms with E-state index in [2.05, 4.69) is 15.6 Å². The topological polar surface area (TPSA) is 68.8 Å². The number of nitrogens with one attached hydrogen (secondary N) is 1. The third-order valence-corrected chi connectivity index (χ3v) is 3.38. The summed E-state index contributed by atoms with van der Waals surface area (Å²) >= 11 is 6.02. The van der Waals surface area contributed by atoms with Crippen LogP contribution in [0.5, 0.6) is 0 Å². The van der Waals surface area contributed by atoms with Crippen molar-refractivity contribution in [3.8, 4) is 5.69 Å². The molecule has 0 bridgehead atoms. The Labute approximate surface area is 127 Å². The first-order valence-electron chi connectivity index (χ1n) is 6.47. The van der Waals surface area contributed by atoms with Gasteiger partial charge in [0.1, 0.15) is 5.69 Å². The maximum Gasteiger partial charge on any atom is 0.106 e. The van der Waals surface area contributed by atoms with Gasteiger partial charge in [0.25, 0.3) is 0 Å². The fourth-order valence-electron chi connectivity index (χ4n) is 2.13. The van der Waals surface area contributed by atoms with Gasteiger partial charge in [-0.25, -0.2) is 5.43 Å². The summed E-state index contributed by atoms with van der Waals surface area (Å²) in [5, 5.41) is 9.41. The Kier molecular flexibility index (Phi) is 3.96. The van der Waals surface area contributed by atoms with Gasteiger partial charge in [0.05, 0.1) is 17.9 Å². The summed E-state index contributed by atoms with van der Waals surface area (Å²) in [4.78, 5) is 1.57. The van der Waals surface area contributed by atoms with E-state index < -0.39 is 0 Å². The van der Waals surface area contributed by atoms with Gasteiger partial charge < -0.3 is 0 Å². The number of hydrogen-bond donors (Lipinski definition) is 2. The smallest absolute Gasteiger partial charge is 0.106 e. The lowest BCUT2D eigenvalue weighted by Gasteiger charge is -2.13. The van der Waals surface area contributed by atoms with E-state index in [1.807, 2.05) is 54.6 Å². The Bertz CT molecular complexity index is 726. The molecule has 3 N–H and O–H groups in total. The molecular formula is C15H14ClN5. The first kappa shape index (κ1) is 13.8. The minimum absolute atomic E-state index is 0.263. The average molecular weight is 300 g/mol. The molecule has 0 amide bonds. The Balaban J connectivity index is 1.94. The van der Waals surface area contributed by atoms with Crippen LogP contribution in [0.4, 0.5) is 0 Å². The Morgan fingerprint density at radius 3 is 2.62 bits per heavy atom. The molecule has 0 saturated carbocycles. The second-order valence-electron chi connectivity index (χ2n) is 4.55. The monoisotopic (exact) mass is 299 g/mol. The molecule has 106 valence electrons. The maximum absolute atomic E-state index is 6.02. The van der Waals surface area contributed by atoms with Crippen LogP contribution in [0.25, 0.3) is 5.69 Å². The fourth-order valence-corrected chi connectivity index (χ4v) is 2.33. The number of nitrogens with two attached hydrogens (primary N) is 1. The van der Waals surface area contributed by atoms with E-state index in [4.69, 9.17) is 17.4 Å². The summed E-state index contributed by atoms with van der Waals surface area (Å²) in [6, 6.07) is 16.9. The van der Waals surface area contributed by atoms with Crippen LogP contribution >= 0.6 is 11.6 Å². The van der Waals surface area contributed by atoms with Gasteiger partial charge in [0.2, 0.25) is 0 Å². The molecule has 0 spiro atoms. The Hall–Kier alpha value is -2.21. The van der Waals surface area contributed by atoms with Gasteiger partial charge in [-0.2, -0.15) is 15.0 Å². The highest BCUT2D eigenvalue weighted by atomic mass is 35.5. The molecule has 1 heterocycles. The van der Waals surface area contributed by atoms with Crippen molar-refractivity contribution in [3.05, 3.63) is 77.1 Å². The molecule has 0 aliphatic heterocycles. The average Bonchev–Trinajstić information content (AvgIpc) is 2.99. The summed E-state index contributed by atoms with van der Waals surface area (Å²) < 4.78 is 0. The van der Waals surface area contributed by atoms with Crippen LogP contribution in [0.1, 0.15) is 17.3 Å². The van der Waals surface area contributed by atoms with Crippen LogP contribution in [-0.4, -0.2) is 15.0 Å². The molecule has 5 nitrogen and oxygen atoms in total. The van der Waals surface area contributed by atoms with E-state index in [-0.39, 0.29) is 6.04 Å². The van der Waals surface area contributed by atoms with Gasteiger partial charge in [0.15, 0.2) is 0 Å². The van der Waals surface area contributed by atoms with Gasteiger partial charge >= 0.3 is 0 Å². The van der Waals surface area contributed by atoms with Gasteiger partial charge in [-0.05, 0) is 29.8 Å². The van der Waals surface area contributed by atoms with E-state index in [1.165, 1.54) is 0 Å². The molecule has 0 aliphatic rings. The number of hydrazine groups is 1. The van der Waals surface area contributed by atoms with Crippen LogP contribution < -0.4 is 11.3 Å². The number of halogens is 1. The molecule has 0 radical (unpaired) electrons. The van der Waals surface area contributed by atoms with Crippen LogP contribution in [0.15, 0.2) is 60.8 Å². The second kappa shape index (κ2) is 6.05. The molecule has 1 aromatic heterocycles. The lowest BCUT2D eigenvalue weighted by atomic mass is 10.1. The van der Waals surface area contributed by atoms with Crippen LogP contribution in [-0.2, 0) is 0 Å². The quantitative estimate of drug-likeness (QED) is 0.573. The number of rotatable bonds is 4. The zero-order valence-corrected chi connectivity index (χ0v) is 11.9. The van der Waals surface area contributed by atoms with Crippen molar-refractivity contribution in [2.75, 3.05) is 0 Å². The predicted molar refractivity (Wildman–Crippen MR) is 82.0 cm³/mol. The largest absolute Gasteiger partial charge is 0.271 e. The molecule has 1 unspecified atom stereocenters. The zero-order chi connectivity index (χ0) is 14.7.